The minimum Gasteiger partial charge on any atom is -0.456 e. The van der Waals surface area contributed by atoms with Gasteiger partial charge < -0.3 is 8.83 Å². The Bertz CT molecular complexity index is 3430. The quantitative estimate of drug-likeness (QED) is 0.168. The Labute approximate surface area is 352 Å². The third kappa shape index (κ3) is 5.96. The Morgan fingerprint density at radius 3 is 1.74 bits per heavy atom. The summed E-state index contributed by atoms with van der Waals surface area (Å²) in [4.78, 5) is 15.5. The first-order chi connectivity index (χ1) is 30.1. The number of hydrogen-bond donors (Lipinski definition) is 0. The van der Waals surface area contributed by atoms with Crippen LogP contribution in [0.2, 0.25) is 0 Å². The Balaban J connectivity index is 0.954. The largest absolute Gasteiger partial charge is 0.456 e. The van der Waals surface area contributed by atoms with Gasteiger partial charge in [-0.05, 0) is 70.5 Å². The molecule has 0 saturated heterocycles. The molecule has 4 heterocycles. The van der Waals surface area contributed by atoms with Gasteiger partial charge in [-0.25, -0.2) is 15.0 Å². The van der Waals surface area contributed by atoms with Crippen LogP contribution >= 0.6 is 0 Å². The summed E-state index contributed by atoms with van der Waals surface area (Å²) in [6, 6.07) is 63.0. The average Bonchev–Trinajstić information content (AvgIpc) is 3.91. The van der Waals surface area contributed by atoms with Crippen LogP contribution in [0.25, 0.3) is 112 Å². The number of allylic oxidation sites excluding steroid dienone is 1. The van der Waals surface area contributed by atoms with Gasteiger partial charge >= 0.3 is 0 Å². The van der Waals surface area contributed by atoms with E-state index in [0.717, 1.165) is 101 Å². The maximum absolute atomic E-state index is 6.70. The van der Waals surface area contributed by atoms with Gasteiger partial charge in [0.25, 0.3) is 0 Å². The summed E-state index contributed by atoms with van der Waals surface area (Å²) in [5, 5.41) is 4.55. The van der Waals surface area contributed by atoms with Gasteiger partial charge in [0.05, 0.1) is 17.1 Å². The zero-order valence-electron chi connectivity index (χ0n) is 33.3. The highest BCUT2D eigenvalue weighted by Gasteiger charge is 2.28. The lowest BCUT2D eigenvalue weighted by Gasteiger charge is -2.24. The minimum atomic E-state index is 0.225. The van der Waals surface area contributed by atoms with Crippen LogP contribution in [0.3, 0.4) is 0 Å². The number of hydrogen-bond acceptors (Lipinski definition) is 5. The molecule has 0 N–H and O–H groups in total. The summed E-state index contributed by atoms with van der Waals surface area (Å²) >= 11 is 0. The van der Waals surface area contributed by atoms with Crippen molar-refractivity contribution in [2.45, 2.75) is 19.3 Å². The normalized spacial score (nSPS) is 13.9. The van der Waals surface area contributed by atoms with E-state index in [1.54, 1.807) is 0 Å². The molecular weight excluding hydrogens is 747 g/mol. The van der Waals surface area contributed by atoms with Gasteiger partial charge in [0.1, 0.15) is 22.4 Å². The van der Waals surface area contributed by atoms with Crippen LogP contribution in [0.4, 0.5) is 0 Å². The van der Waals surface area contributed by atoms with Crippen LogP contribution in [-0.2, 0) is 0 Å². The monoisotopic (exact) mass is 783 g/mol. The van der Waals surface area contributed by atoms with Crippen molar-refractivity contribution in [3.63, 3.8) is 0 Å². The second kappa shape index (κ2) is 14.1. The molecule has 0 bridgehead atoms. The van der Waals surface area contributed by atoms with Crippen molar-refractivity contribution in [2.24, 2.45) is 0 Å². The van der Waals surface area contributed by atoms with Crippen molar-refractivity contribution in [3.8, 4) is 56.3 Å². The number of pyridine rings is 1. The molecule has 0 saturated carbocycles. The molecule has 11 aromatic rings. The van der Waals surface area contributed by atoms with Crippen molar-refractivity contribution >= 4 is 55.5 Å². The Morgan fingerprint density at radius 2 is 1.02 bits per heavy atom. The van der Waals surface area contributed by atoms with Crippen molar-refractivity contribution in [1.29, 1.82) is 0 Å². The molecule has 0 amide bonds. The fourth-order valence-corrected chi connectivity index (χ4v) is 9.25. The first-order valence-corrected chi connectivity index (χ1v) is 20.8. The van der Waals surface area contributed by atoms with Gasteiger partial charge in [0.15, 0.2) is 11.4 Å². The predicted molar refractivity (Wildman–Crippen MR) is 249 cm³/mol. The second-order valence-corrected chi connectivity index (χ2v) is 16.0. The fourth-order valence-electron chi connectivity index (χ4n) is 9.25. The molecule has 61 heavy (non-hydrogen) atoms. The second-order valence-electron chi connectivity index (χ2n) is 16.0. The van der Waals surface area contributed by atoms with E-state index >= 15 is 0 Å². The third-order valence-electron chi connectivity index (χ3n) is 12.2. The molecule has 7 aromatic carbocycles. The summed E-state index contributed by atoms with van der Waals surface area (Å²) in [7, 11) is 0. The van der Waals surface area contributed by atoms with Gasteiger partial charge in [-0.15, -0.1) is 0 Å². The van der Waals surface area contributed by atoms with Gasteiger partial charge in [0.2, 0.25) is 0 Å². The lowest BCUT2D eigenvalue weighted by atomic mass is 9.81. The summed E-state index contributed by atoms with van der Waals surface area (Å²) in [5.74, 6) is 0.917. The number of para-hydroxylation sites is 2. The van der Waals surface area contributed by atoms with E-state index in [2.05, 4.69) is 140 Å². The van der Waals surface area contributed by atoms with Crippen LogP contribution in [0.15, 0.2) is 191 Å². The molecule has 4 aromatic heterocycles. The Kier molecular flexibility index (Phi) is 8.13. The molecular formula is C56H37N3O2. The molecule has 1 aliphatic rings. The van der Waals surface area contributed by atoms with Crippen molar-refractivity contribution < 1.29 is 8.83 Å². The van der Waals surface area contributed by atoms with E-state index in [-0.39, 0.29) is 5.92 Å². The molecule has 1 aliphatic carbocycles. The molecule has 1 atom stereocenters. The first-order valence-electron chi connectivity index (χ1n) is 20.8. The lowest BCUT2D eigenvalue weighted by Crippen LogP contribution is -2.07. The molecule has 0 aliphatic heterocycles. The van der Waals surface area contributed by atoms with Gasteiger partial charge in [-0.2, -0.15) is 0 Å². The highest BCUT2D eigenvalue weighted by molar-refractivity contribution is 6.13. The summed E-state index contributed by atoms with van der Waals surface area (Å²) in [6.07, 6.45) is 3.19. The summed E-state index contributed by atoms with van der Waals surface area (Å²) in [5.41, 5.74) is 17.1. The third-order valence-corrected chi connectivity index (χ3v) is 12.2. The van der Waals surface area contributed by atoms with E-state index < -0.39 is 0 Å². The molecule has 0 fully saturated rings. The topological polar surface area (TPSA) is 65.0 Å². The number of benzene rings is 7. The van der Waals surface area contributed by atoms with E-state index in [0.29, 0.717) is 5.82 Å². The van der Waals surface area contributed by atoms with Crippen LogP contribution in [-0.4, -0.2) is 15.0 Å². The maximum atomic E-state index is 6.70. The van der Waals surface area contributed by atoms with Crippen LogP contribution < -0.4 is 0 Å². The first kappa shape index (κ1) is 35.1. The number of nitrogens with zero attached hydrogens (tertiary/aromatic N) is 3. The van der Waals surface area contributed by atoms with Crippen LogP contribution in [0.5, 0.6) is 0 Å². The van der Waals surface area contributed by atoms with Crippen molar-refractivity contribution in [3.05, 3.63) is 199 Å². The Hall–Kier alpha value is -7.89. The zero-order valence-corrected chi connectivity index (χ0v) is 33.3. The van der Waals surface area contributed by atoms with Crippen molar-refractivity contribution in [2.75, 3.05) is 0 Å². The SMILES string of the molecule is CC1CC(c2ccc(-c3cccc4oc5ccccc5c34)cc2)=Cc2nc(-c3ccc(-c4cc(-c5ccccc5)nc(-c5ccccc5)n4)cc3)c3oc4ccccc4c3c21. The highest BCUT2D eigenvalue weighted by atomic mass is 16.3. The van der Waals surface area contributed by atoms with E-state index in [1.165, 1.54) is 22.3 Å². The highest BCUT2D eigenvalue weighted by Crippen LogP contribution is 2.47. The van der Waals surface area contributed by atoms with E-state index in [9.17, 15) is 0 Å². The summed E-state index contributed by atoms with van der Waals surface area (Å²) in [6.45, 7) is 2.32. The van der Waals surface area contributed by atoms with Crippen molar-refractivity contribution in [1.82, 2.24) is 15.0 Å². The maximum Gasteiger partial charge on any atom is 0.162 e. The molecule has 1 unspecified atom stereocenters. The Morgan fingerprint density at radius 1 is 0.459 bits per heavy atom. The molecule has 5 nitrogen and oxygen atoms in total. The van der Waals surface area contributed by atoms with Gasteiger partial charge in [-0.1, -0.05) is 165 Å². The molecule has 5 heteroatoms. The van der Waals surface area contributed by atoms with Crippen LogP contribution in [0, 0.1) is 0 Å². The fraction of sp³-hybridized carbons (Fsp3) is 0.0536. The van der Waals surface area contributed by atoms with Gasteiger partial charge in [-0.3, -0.25) is 0 Å². The number of fused-ring (bicyclic) bond motifs is 8. The molecule has 0 radical (unpaired) electrons. The zero-order chi connectivity index (χ0) is 40.4. The molecule has 0 spiro atoms. The van der Waals surface area contributed by atoms with Crippen LogP contribution in [0.1, 0.15) is 36.1 Å². The molecule has 288 valence electrons. The number of rotatable bonds is 6. The molecule has 12 rings (SSSR count). The number of furan rings is 2. The average molecular weight is 784 g/mol. The van der Waals surface area contributed by atoms with Gasteiger partial charge in [0, 0.05) is 43.8 Å². The smallest absolute Gasteiger partial charge is 0.162 e. The van der Waals surface area contributed by atoms with E-state index in [4.69, 9.17) is 23.8 Å². The van der Waals surface area contributed by atoms with E-state index in [1.807, 2.05) is 54.6 Å². The predicted octanol–water partition coefficient (Wildman–Crippen LogP) is 15.1. The minimum absolute atomic E-state index is 0.225. The summed E-state index contributed by atoms with van der Waals surface area (Å²) < 4.78 is 12.9. The lowest BCUT2D eigenvalue weighted by molar-refractivity contribution is 0.666. The number of aromatic nitrogens is 3. The standard InChI is InChI=1S/C56H37N3O2/c1-34-31-41(35-23-25-36(26-24-35)42-19-12-22-50-52(42)43-17-8-10-20-48(43)60-50)32-47-51(34)53-44-18-9-11-21-49(44)61-55(53)54(57-47)39-29-27-38(28-30-39)46-33-45(37-13-4-2-5-14-37)58-56(59-46)40-15-6-3-7-16-40/h2-30,32-34H,31H2,1H3.